The summed E-state index contributed by atoms with van der Waals surface area (Å²) in [6.07, 6.45) is 1.07. The number of carbonyl (C=O) groups is 1. The fraction of sp³-hybridized carbons (Fsp3) is 0.500. The lowest BCUT2D eigenvalue weighted by atomic mass is 10.3. The number of sulfonamides is 1. The standard InChI is InChI=1S/C14H23N3O4S/c1-16(2)10-9-15-14(18)11-17(22(4,19)20)12-5-7-13(21-3)8-6-12/h5-8H,9-11H2,1-4H3,(H,15,18). The van der Waals surface area contributed by atoms with Gasteiger partial charge in [-0.3, -0.25) is 9.10 Å². The van der Waals surface area contributed by atoms with E-state index in [0.29, 0.717) is 24.5 Å². The molecule has 1 aromatic rings. The van der Waals surface area contributed by atoms with Crippen LogP contribution in [0.2, 0.25) is 0 Å². The molecular formula is C14H23N3O4S. The van der Waals surface area contributed by atoms with Gasteiger partial charge in [-0.25, -0.2) is 8.42 Å². The van der Waals surface area contributed by atoms with E-state index in [1.165, 1.54) is 7.11 Å². The van der Waals surface area contributed by atoms with Gasteiger partial charge >= 0.3 is 0 Å². The number of ether oxygens (including phenoxy) is 1. The SMILES string of the molecule is COc1ccc(N(CC(=O)NCCN(C)C)S(C)(=O)=O)cc1. The first-order chi connectivity index (χ1) is 10.2. The number of anilines is 1. The number of nitrogens with zero attached hydrogens (tertiary/aromatic N) is 2. The van der Waals surface area contributed by atoms with E-state index < -0.39 is 10.0 Å². The molecule has 0 aliphatic carbocycles. The summed E-state index contributed by atoms with van der Waals surface area (Å²) >= 11 is 0. The van der Waals surface area contributed by atoms with Crippen LogP contribution < -0.4 is 14.4 Å². The maximum absolute atomic E-state index is 11.9. The number of carbonyl (C=O) groups excluding carboxylic acids is 1. The van der Waals surface area contributed by atoms with E-state index in [4.69, 9.17) is 4.74 Å². The van der Waals surface area contributed by atoms with Crippen molar-refractivity contribution in [2.45, 2.75) is 0 Å². The van der Waals surface area contributed by atoms with Crippen LogP contribution in [0.15, 0.2) is 24.3 Å². The van der Waals surface area contributed by atoms with Gasteiger partial charge in [-0.1, -0.05) is 0 Å². The van der Waals surface area contributed by atoms with Gasteiger partial charge in [0.05, 0.1) is 19.1 Å². The van der Waals surface area contributed by atoms with Gasteiger partial charge in [-0.2, -0.15) is 0 Å². The third kappa shape index (κ3) is 5.90. The second kappa shape index (κ2) is 8.00. The summed E-state index contributed by atoms with van der Waals surface area (Å²) in [4.78, 5) is 13.8. The largest absolute Gasteiger partial charge is 0.497 e. The first-order valence-electron chi connectivity index (χ1n) is 6.77. The van der Waals surface area contributed by atoms with Crippen LogP contribution >= 0.6 is 0 Å². The van der Waals surface area contributed by atoms with Crippen molar-refractivity contribution in [2.75, 3.05) is 51.4 Å². The second-order valence-electron chi connectivity index (χ2n) is 5.12. The third-order valence-electron chi connectivity index (χ3n) is 2.93. The van der Waals surface area contributed by atoms with Crippen LogP contribution in [0, 0.1) is 0 Å². The molecule has 22 heavy (non-hydrogen) atoms. The van der Waals surface area contributed by atoms with Crippen molar-refractivity contribution < 1.29 is 17.9 Å². The van der Waals surface area contributed by atoms with Crippen molar-refractivity contribution >= 4 is 21.6 Å². The Morgan fingerprint density at radius 2 is 1.82 bits per heavy atom. The Hall–Kier alpha value is -1.80. The van der Waals surface area contributed by atoms with Crippen molar-refractivity contribution in [1.29, 1.82) is 0 Å². The third-order valence-corrected chi connectivity index (χ3v) is 4.07. The summed E-state index contributed by atoms with van der Waals surface area (Å²) in [6.45, 7) is 0.901. The van der Waals surface area contributed by atoms with Gasteiger partial charge in [0, 0.05) is 13.1 Å². The molecular weight excluding hydrogens is 306 g/mol. The van der Waals surface area contributed by atoms with Crippen LogP contribution in [0.4, 0.5) is 5.69 Å². The normalized spacial score (nSPS) is 11.3. The van der Waals surface area contributed by atoms with Crippen LogP contribution in [-0.2, 0) is 14.8 Å². The molecule has 0 aromatic heterocycles. The summed E-state index contributed by atoms with van der Waals surface area (Å²) in [5, 5.41) is 2.70. The van der Waals surface area contributed by atoms with Gasteiger partial charge in [-0.05, 0) is 38.4 Å². The van der Waals surface area contributed by atoms with Crippen molar-refractivity contribution in [3.05, 3.63) is 24.3 Å². The molecule has 0 atom stereocenters. The van der Waals surface area contributed by atoms with Crippen molar-refractivity contribution in [3.8, 4) is 5.75 Å². The topological polar surface area (TPSA) is 79.0 Å². The van der Waals surface area contributed by atoms with E-state index in [1.54, 1.807) is 24.3 Å². The lowest BCUT2D eigenvalue weighted by molar-refractivity contribution is -0.119. The zero-order chi connectivity index (χ0) is 16.8. The van der Waals surface area contributed by atoms with Crippen LogP contribution in [0.25, 0.3) is 0 Å². The smallest absolute Gasteiger partial charge is 0.240 e. The van der Waals surface area contributed by atoms with Gasteiger partial charge < -0.3 is 15.0 Å². The highest BCUT2D eigenvalue weighted by Crippen LogP contribution is 2.21. The number of benzene rings is 1. The molecule has 0 aliphatic heterocycles. The molecule has 1 rings (SSSR count). The minimum atomic E-state index is -3.55. The molecule has 0 bridgehead atoms. The minimum absolute atomic E-state index is 0.251. The first kappa shape index (κ1) is 18.2. The Bertz CT molecular complexity index is 585. The van der Waals surface area contributed by atoms with Gasteiger partial charge in [0.2, 0.25) is 15.9 Å². The molecule has 1 aromatic carbocycles. The zero-order valence-electron chi connectivity index (χ0n) is 13.4. The van der Waals surface area contributed by atoms with Gasteiger partial charge in [0.1, 0.15) is 12.3 Å². The number of hydrogen-bond donors (Lipinski definition) is 1. The lowest BCUT2D eigenvalue weighted by Crippen LogP contribution is -2.42. The van der Waals surface area contributed by atoms with Crippen molar-refractivity contribution in [3.63, 3.8) is 0 Å². The average molecular weight is 329 g/mol. The number of hydrogen-bond acceptors (Lipinski definition) is 5. The summed E-state index contributed by atoms with van der Waals surface area (Å²) in [5.74, 6) is 0.274. The molecule has 124 valence electrons. The fourth-order valence-electron chi connectivity index (χ4n) is 1.75. The predicted octanol–water partition coefficient (Wildman–Crippen LogP) is 0.139. The molecule has 0 saturated heterocycles. The zero-order valence-corrected chi connectivity index (χ0v) is 14.2. The molecule has 0 unspecified atom stereocenters. The van der Waals surface area contributed by atoms with Crippen molar-refractivity contribution in [2.24, 2.45) is 0 Å². The molecule has 8 heteroatoms. The molecule has 0 heterocycles. The molecule has 0 saturated carbocycles. The van der Waals surface area contributed by atoms with Gasteiger partial charge in [0.15, 0.2) is 0 Å². The van der Waals surface area contributed by atoms with E-state index in [9.17, 15) is 13.2 Å². The Morgan fingerprint density at radius 1 is 1.23 bits per heavy atom. The van der Waals surface area contributed by atoms with E-state index in [1.807, 2.05) is 19.0 Å². The summed E-state index contributed by atoms with van der Waals surface area (Å²) in [7, 11) is 1.77. The van der Waals surface area contributed by atoms with Gasteiger partial charge in [-0.15, -0.1) is 0 Å². The number of methoxy groups -OCH3 is 1. The highest BCUT2D eigenvalue weighted by atomic mass is 32.2. The lowest BCUT2D eigenvalue weighted by Gasteiger charge is -2.22. The molecule has 0 spiro atoms. The molecule has 1 amide bonds. The molecule has 0 aliphatic rings. The van der Waals surface area contributed by atoms with Crippen molar-refractivity contribution in [1.82, 2.24) is 10.2 Å². The number of rotatable bonds is 8. The number of likely N-dealkylation sites (N-methyl/N-ethyl adjacent to an activating group) is 1. The monoisotopic (exact) mass is 329 g/mol. The second-order valence-corrected chi connectivity index (χ2v) is 7.03. The van der Waals surface area contributed by atoms with Crippen LogP contribution in [0.3, 0.4) is 0 Å². The molecule has 1 N–H and O–H groups in total. The summed E-state index contributed by atoms with van der Waals surface area (Å²) in [6, 6.07) is 6.51. The van der Waals surface area contributed by atoms with E-state index >= 15 is 0 Å². The van der Waals surface area contributed by atoms with Crippen LogP contribution in [0.5, 0.6) is 5.75 Å². The highest BCUT2D eigenvalue weighted by molar-refractivity contribution is 7.92. The minimum Gasteiger partial charge on any atom is -0.497 e. The Morgan fingerprint density at radius 3 is 2.27 bits per heavy atom. The number of amides is 1. The summed E-state index contributed by atoms with van der Waals surface area (Å²) < 4.78 is 29.9. The molecule has 0 radical (unpaired) electrons. The first-order valence-corrected chi connectivity index (χ1v) is 8.62. The predicted molar refractivity (Wildman–Crippen MR) is 86.7 cm³/mol. The number of nitrogens with one attached hydrogen (secondary N) is 1. The molecule has 0 fully saturated rings. The Balaban J connectivity index is 2.79. The van der Waals surface area contributed by atoms with E-state index in [-0.39, 0.29) is 12.5 Å². The van der Waals surface area contributed by atoms with Crippen LogP contribution in [-0.4, -0.2) is 66.3 Å². The highest BCUT2D eigenvalue weighted by Gasteiger charge is 2.20. The summed E-state index contributed by atoms with van der Waals surface area (Å²) in [5.41, 5.74) is 0.422. The Kier molecular flexibility index (Phi) is 6.63. The maximum Gasteiger partial charge on any atom is 0.240 e. The average Bonchev–Trinajstić information content (AvgIpc) is 2.43. The van der Waals surface area contributed by atoms with E-state index in [2.05, 4.69) is 5.32 Å². The fourth-order valence-corrected chi connectivity index (χ4v) is 2.61. The molecule has 7 nitrogen and oxygen atoms in total. The quantitative estimate of drug-likeness (QED) is 0.734. The Labute approximate surface area is 131 Å². The van der Waals surface area contributed by atoms with Gasteiger partial charge in [0.25, 0.3) is 0 Å². The van der Waals surface area contributed by atoms with Crippen LogP contribution in [0.1, 0.15) is 0 Å². The maximum atomic E-state index is 11.9. The van der Waals surface area contributed by atoms with E-state index in [0.717, 1.165) is 10.6 Å².